The second-order valence-corrected chi connectivity index (χ2v) is 6.17. The molecule has 0 bridgehead atoms. The lowest BCUT2D eigenvalue weighted by Gasteiger charge is -2.43. The van der Waals surface area contributed by atoms with Gasteiger partial charge in [0.2, 0.25) is 0 Å². The molecule has 0 aromatic heterocycles. The van der Waals surface area contributed by atoms with Gasteiger partial charge in [0, 0.05) is 19.0 Å². The quantitative estimate of drug-likeness (QED) is 0.828. The number of hydrogen-bond acceptors (Lipinski definition) is 3. The minimum atomic E-state index is -0.0997. The highest BCUT2D eigenvalue weighted by Crippen LogP contribution is 2.46. The number of hydrogen-bond donors (Lipinski definition) is 0. The molecule has 20 heavy (non-hydrogen) atoms. The van der Waals surface area contributed by atoms with Crippen molar-refractivity contribution in [2.45, 2.75) is 31.3 Å². The van der Waals surface area contributed by atoms with E-state index >= 15 is 0 Å². The predicted octanol–water partition coefficient (Wildman–Crippen LogP) is 3.04. The van der Waals surface area contributed by atoms with Crippen molar-refractivity contribution in [1.29, 1.82) is 0 Å². The fraction of sp³-hybridized carbons (Fsp3) is 0.647. The van der Waals surface area contributed by atoms with Crippen molar-refractivity contribution < 1.29 is 9.47 Å². The summed E-state index contributed by atoms with van der Waals surface area (Å²) >= 11 is 0. The molecule has 1 saturated carbocycles. The Balaban J connectivity index is 1.99. The molecule has 2 atom stereocenters. The average Bonchev–Trinajstić information content (AvgIpc) is 2.66. The zero-order chi connectivity index (χ0) is 14.0. The van der Waals surface area contributed by atoms with Crippen molar-refractivity contribution in [2.24, 2.45) is 5.92 Å². The van der Waals surface area contributed by atoms with Crippen molar-refractivity contribution in [3.8, 4) is 5.75 Å². The second-order valence-electron chi connectivity index (χ2n) is 6.17. The maximum absolute atomic E-state index is 6.45. The first-order chi connectivity index (χ1) is 9.74. The van der Waals surface area contributed by atoms with E-state index in [4.69, 9.17) is 9.47 Å². The fourth-order valence-corrected chi connectivity index (χ4v) is 3.85. The van der Waals surface area contributed by atoms with E-state index < -0.39 is 0 Å². The van der Waals surface area contributed by atoms with Crippen LogP contribution in [0.4, 0.5) is 0 Å². The van der Waals surface area contributed by atoms with Crippen LogP contribution in [0.1, 0.15) is 31.2 Å². The van der Waals surface area contributed by atoms with Crippen LogP contribution in [0.15, 0.2) is 24.3 Å². The van der Waals surface area contributed by atoms with Crippen LogP contribution in [0.5, 0.6) is 5.75 Å². The van der Waals surface area contributed by atoms with Gasteiger partial charge in [-0.2, -0.15) is 0 Å². The van der Waals surface area contributed by atoms with Gasteiger partial charge in [-0.25, -0.2) is 0 Å². The van der Waals surface area contributed by atoms with E-state index in [-0.39, 0.29) is 5.60 Å². The van der Waals surface area contributed by atoms with Crippen molar-refractivity contribution in [1.82, 2.24) is 4.90 Å². The topological polar surface area (TPSA) is 21.7 Å². The molecule has 2 aliphatic rings. The summed E-state index contributed by atoms with van der Waals surface area (Å²) < 4.78 is 11.9. The summed E-state index contributed by atoms with van der Waals surface area (Å²) in [7, 11) is 3.94. The Morgan fingerprint density at radius 3 is 3.10 bits per heavy atom. The molecule has 0 N–H and O–H groups in total. The van der Waals surface area contributed by atoms with Crippen LogP contribution in [-0.4, -0.2) is 38.8 Å². The van der Waals surface area contributed by atoms with E-state index in [1.54, 1.807) is 7.11 Å². The largest absolute Gasteiger partial charge is 0.497 e. The highest BCUT2D eigenvalue weighted by molar-refractivity contribution is 5.33. The number of fused-ring (bicyclic) bond motifs is 1. The highest BCUT2D eigenvalue weighted by Gasteiger charge is 2.45. The van der Waals surface area contributed by atoms with E-state index in [1.165, 1.54) is 24.8 Å². The number of methoxy groups -OCH3 is 1. The summed E-state index contributed by atoms with van der Waals surface area (Å²) in [6.07, 6.45) is 4.99. The zero-order valence-corrected chi connectivity index (χ0v) is 12.6. The Bertz CT molecular complexity index is 462. The van der Waals surface area contributed by atoms with Gasteiger partial charge in [-0.05, 0) is 37.6 Å². The Labute approximate surface area is 121 Å². The van der Waals surface area contributed by atoms with E-state index in [0.717, 1.165) is 31.9 Å². The molecule has 1 heterocycles. The SMILES string of the molecule is COc1cccc(C23CCCCC2CN(C)CCO3)c1. The predicted molar refractivity (Wildman–Crippen MR) is 80.1 cm³/mol. The zero-order valence-electron chi connectivity index (χ0n) is 12.6. The summed E-state index contributed by atoms with van der Waals surface area (Å²) in [5.41, 5.74) is 1.20. The summed E-state index contributed by atoms with van der Waals surface area (Å²) in [6, 6.07) is 8.49. The van der Waals surface area contributed by atoms with Crippen LogP contribution < -0.4 is 4.74 Å². The molecule has 1 aliphatic heterocycles. The summed E-state index contributed by atoms with van der Waals surface area (Å²) in [6.45, 7) is 2.99. The van der Waals surface area contributed by atoms with Gasteiger partial charge in [-0.3, -0.25) is 0 Å². The molecular weight excluding hydrogens is 250 g/mol. The van der Waals surface area contributed by atoms with Crippen LogP contribution >= 0.6 is 0 Å². The third kappa shape index (κ3) is 2.45. The maximum atomic E-state index is 6.45. The van der Waals surface area contributed by atoms with Crippen LogP contribution in [0.3, 0.4) is 0 Å². The minimum Gasteiger partial charge on any atom is -0.497 e. The van der Waals surface area contributed by atoms with Crippen LogP contribution in [0.25, 0.3) is 0 Å². The third-order valence-electron chi connectivity index (χ3n) is 4.93. The van der Waals surface area contributed by atoms with Gasteiger partial charge >= 0.3 is 0 Å². The average molecular weight is 275 g/mol. The molecule has 2 unspecified atom stereocenters. The molecular formula is C17H25NO2. The lowest BCUT2D eigenvalue weighted by molar-refractivity contribution is -0.101. The summed E-state index contributed by atoms with van der Waals surface area (Å²) in [4.78, 5) is 2.41. The van der Waals surface area contributed by atoms with Gasteiger partial charge in [0.05, 0.1) is 19.3 Å². The monoisotopic (exact) mass is 275 g/mol. The van der Waals surface area contributed by atoms with Gasteiger partial charge in [-0.1, -0.05) is 25.0 Å². The normalized spacial score (nSPS) is 31.4. The molecule has 0 radical (unpaired) electrons. The van der Waals surface area contributed by atoms with E-state index in [2.05, 4.69) is 30.1 Å². The maximum Gasteiger partial charge on any atom is 0.119 e. The number of ether oxygens (including phenoxy) is 2. The number of nitrogens with zero attached hydrogens (tertiary/aromatic N) is 1. The molecule has 110 valence electrons. The molecule has 0 spiro atoms. The second kappa shape index (κ2) is 5.74. The van der Waals surface area contributed by atoms with Crippen LogP contribution in [0.2, 0.25) is 0 Å². The van der Waals surface area contributed by atoms with Gasteiger partial charge in [0.15, 0.2) is 0 Å². The first kappa shape index (κ1) is 13.9. The molecule has 2 fully saturated rings. The molecule has 1 aromatic rings. The summed E-state index contributed by atoms with van der Waals surface area (Å²) in [5.74, 6) is 1.53. The lowest BCUT2D eigenvalue weighted by Crippen LogP contribution is -2.42. The van der Waals surface area contributed by atoms with Gasteiger partial charge < -0.3 is 14.4 Å². The molecule has 1 saturated heterocycles. The molecule has 3 heteroatoms. The molecule has 1 aromatic carbocycles. The van der Waals surface area contributed by atoms with E-state index in [0.29, 0.717) is 5.92 Å². The Kier molecular flexibility index (Phi) is 3.99. The number of benzene rings is 1. The Morgan fingerprint density at radius 2 is 2.25 bits per heavy atom. The lowest BCUT2D eigenvalue weighted by atomic mass is 9.71. The van der Waals surface area contributed by atoms with Crippen molar-refractivity contribution >= 4 is 0 Å². The Hall–Kier alpha value is -1.06. The van der Waals surface area contributed by atoms with Crippen molar-refractivity contribution in [3.63, 3.8) is 0 Å². The number of likely N-dealkylation sites (N-methyl/N-ethyl adjacent to an activating group) is 1. The van der Waals surface area contributed by atoms with Crippen LogP contribution in [-0.2, 0) is 10.3 Å². The molecule has 3 nitrogen and oxygen atoms in total. The molecule has 1 aliphatic carbocycles. The smallest absolute Gasteiger partial charge is 0.119 e. The molecule has 0 amide bonds. The fourth-order valence-electron chi connectivity index (χ4n) is 3.85. The van der Waals surface area contributed by atoms with E-state index in [9.17, 15) is 0 Å². The van der Waals surface area contributed by atoms with E-state index in [1.807, 2.05) is 6.07 Å². The van der Waals surface area contributed by atoms with Crippen molar-refractivity contribution in [2.75, 3.05) is 33.9 Å². The summed E-state index contributed by atoms with van der Waals surface area (Å²) in [5, 5.41) is 0. The highest BCUT2D eigenvalue weighted by atomic mass is 16.5. The first-order valence-electron chi connectivity index (χ1n) is 7.71. The first-order valence-corrected chi connectivity index (χ1v) is 7.71. The van der Waals surface area contributed by atoms with Gasteiger partial charge in [-0.15, -0.1) is 0 Å². The van der Waals surface area contributed by atoms with Gasteiger partial charge in [0.25, 0.3) is 0 Å². The third-order valence-corrected chi connectivity index (χ3v) is 4.93. The van der Waals surface area contributed by atoms with Crippen LogP contribution in [0, 0.1) is 5.92 Å². The number of rotatable bonds is 2. The molecule has 3 rings (SSSR count). The minimum absolute atomic E-state index is 0.0997. The standard InChI is InChI=1S/C17H25NO2/c1-18-10-11-20-17(9-4-3-6-15(17)13-18)14-7-5-8-16(12-14)19-2/h5,7-8,12,15H,3-4,6,9-11,13H2,1-2H3. The van der Waals surface area contributed by atoms with Gasteiger partial charge in [0.1, 0.15) is 5.75 Å². The Morgan fingerprint density at radius 1 is 1.35 bits per heavy atom. The van der Waals surface area contributed by atoms with Crippen molar-refractivity contribution in [3.05, 3.63) is 29.8 Å².